The number of aliphatic hydroxyl groups is 2. The molecule has 7 nitrogen and oxygen atoms in total. The van der Waals surface area contributed by atoms with Crippen molar-refractivity contribution in [1.82, 2.24) is 5.32 Å². The first kappa shape index (κ1) is 50.5. The Balaban J connectivity index is 4.07. The fourth-order valence-corrected chi connectivity index (χ4v) is 7.28. The van der Waals surface area contributed by atoms with E-state index in [1.54, 1.807) is 6.08 Å². The van der Waals surface area contributed by atoms with Crippen LogP contribution >= 0.6 is 0 Å². The van der Waals surface area contributed by atoms with Gasteiger partial charge in [-0.25, -0.2) is 0 Å². The standard InChI is InChI=1S/C44H83NO6S/c1-3-5-7-9-11-13-15-17-19-20-21-22-23-24-25-27-28-30-32-34-36-38-42(46)41(40-52(49,50)51)45-44(48)43(47)39-37-35-33-31-29-26-18-16-14-12-10-8-6-4-2/h23-24,28,30,36,38,41-43,46-47H,3-22,25-27,29,31-35,37,39-40H2,1-2H3,(H,45,48)(H,49,50,51)/b24-23+,30-28+,38-36+. The molecule has 0 aromatic heterocycles. The van der Waals surface area contributed by atoms with Crippen LogP contribution in [0.3, 0.4) is 0 Å². The summed E-state index contributed by atoms with van der Waals surface area (Å²) in [7, 11) is -4.45. The van der Waals surface area contributed by atoms with Gasteiger partial charge in [0.1, 0.15) is 6.10 Å². The SMILES string of the molecule is CCCCCCCCCCCCC/C=C/CC/C=C/CC/C=C/C(O)C(CS(=O)(=O)O)NC(=O)C(O)CCCCCCCCCCCCCCCC. The molecule has 306 valence electrons. The molecule has 0 heterocycles. The van der Waals surface area contributed by atoms with Gasteiger partial charge in [0.2, 0.25) is 5.91 Å². The molecule has 52 heavy (non-hydrogen) atoms. The van der Waals surface area contributed by atoms with Gasteiger partial charge in [0, 0.05) is 0 Å². The summed E-state index contributed by atoms with van der Waals surface area (Å²) in [4.78, 5) is 12.6. The van der Waals surface area contributed by atoms with Crippen molar-refractivity contribution in [3.63, 3.8) is 0 Å². The van der Waals surface area contributed by atoms with Crippen LogP contribution in [0, 0.1) is 0 Å². The van der Waals surface area contributed by atoms with Crippen LogP contribution in [0.5, 0.6) is 0 Å². The lowest BCUT2D eigenvalue weighted by atomic mass is 10.0. The van der Waals surface area contributed by atoms with Gasteiger partial charge in [0.05, 0.1) is 17.9 Å². The third-order valence-corrected chi connectivity index (χ3v) is 10.7. The van der Waals surface area contributed by atoms with Crippen molar-refractivity contribution in [2.24, 2.45) is 0 Å². The van der Waals surface area contributed by atoms with E-state index in [-0.39, 0.29) is 6.42 Å². The summed E-state index contributed by atoms with van der Waals surface area (Å²) in [5.74, 6) is -1.56. The molecule has 0 rings (SSSR count). The van der Waals surface area contributed by atoms with Crippen LogP contribution < -0.4 is 5.32 Å². The van der Waals surface area contributed by atoms with Gasteiger partial charge in [-0.2, -0.15) is 8.42 Å². The number of hydrogen-bond acceptors (Lipinski definition) is 5. The van der Waals surface area contributed by atoms with E-state index in [0.717, 1.165) is 44.9 Å². The Bertz CT molecular complexity index is 979. The highest BCUT2D eigenvalue weighted by molar-refractivity contribution is 7.85. The molecule has 8 heteroatoms. The minimum absolute atomic E-state index is 0.274. The van der Waals surface area contributed by atoms with Gasteiger partial charge in [0.25, 0.3) is 10.1 Å². The minimum atomic E-state index is -4.45. The Hall–Kier alpha value is -1.48. The Labute approximate surface area is 321 Å². The van der Waals surface area contributed by atoms with Crippen LogP contribution in [0.1, 0.15) is 213 Å². The van der Waals surface area contributed by atoms with Crippen molar-refractivity contribution in [2.45, 2.75) is 231 Å². The fraction of sp³-hybridized carbons (Fsp3) is 0.841. The fourth-order valence-electron chi connectivity index (χ4n) is 6.55. The maximum Gasteiger partial charge on any atom is 0.267 e. The van der Waals surface area contributed by atoms with Crippen molar-refractivity contribution < 1.29 is 28.0 Å². The normalized spacial score (nSPS) is 14.2. The number of hydrogen-bond donors (Lipinski definition) is 4. The average Bonchev–Trinajstić information content (AvgIpc) is 3.11. The maximum atomic E-state index is 12.6. The average molecular weight is 754 g/mol. The maximum absolute atomic E-state index is 12.6. The lowest BCUT2D eigenvalue weighted by molar-refractivity contribution is -0.130. The van der Waals surface area contributed by atoms with Crippen molar-refractivity contribution in [1.29, 1.82) is 0 Å². The number of carbonyl (C=O) groups is 1. The topological polar surface area (TPSA) is 124 Å². The zero-order valence-corrected chi connectivity index (χ0v) is 34.6. The van der Waals surface area contributed by atoms with Crippen LogP contribution in [-0.2, 0) is 14.9 Å². The number of rotatable bonds is 39. The van der Waals surface area contributed by atoms with Crippen molar-refractivity contribution in [3.05, 3.63) is 36.5 Å². The van der Waals surface area contributed by atoms with Crippen LogP contribution in [0.4, 0.5) is 0 Å². The lowest BCUT2D eigenvalue weighted by Gasteiger charge is -2.22. The Morgan fingerprint density at radius 3 is 1.27 bits per heavy atom. The second-order valence-corrected chi connectivity index (χ2v) is 16.6. The van der Waals surface area contributed by atoms with E-state index >= 15 is 0 Å². The third-order valence-electron chi connectivity index (χ3n) is 9.90. The lowest BCUT2D eigenvalue weighted by Crippen LogP contribution is -2.50. The highest BCUT2D eigenvalue weighted by Crippen LogP contribution is 2.15. The van der Waals surface area contributed by atoms with Gasteiger partial charge in [0.15, 0.2) is 0 Å². The monoisotopic (exact) mass is 754 g/mol. The predicted octanol–water partition coefficient (Wildman–Crippen LogP) is 11.9. The van der Waals surface area contributed by atoms with Crippen LogP contribution in [0.15, 0.2) is 36.5 Å². The van der Waals surface area contributed by atoms with E-state index in [1.165, 1.54) is 141 Å². The van der Waals surface area contributed by atoms with Crippen LogP contribution in [0.2, 0.25) is 0 Å². The van der Waals surface area contributed by atoms with E-state index in [4.69, 9.17) is 0 Å². The van der Waals surface area contributed by atoms with Crippen molar-refractivity contribution >= 4 is 16.0 Å². The smallest absolute Gasteiger partial charge is 0.267 e. The predicted molar refractivity (Wildman–Crippen MR) is 222 cm³/mol. The van der Waals surface area contributed by atoms with Crippen LogP contribution in [0.25, 0.3) is 0 Å². The van der Waals surface area contributed by atoms with Gasteiger partial charge in [-0.3, -0.25) is 9.35 Å². The number of carbonyl (C=O) groups excluding carboxylic acids is 1. The molecule has 1 amide bonds. The molecule has 0 aromatic carbocycles. The summed E-state index contributed by atoms with van der Waals surface area (Å²) in [6, 6.07) is -1.25. The molecule has 4 N–H and O–H groups in total. The molecule has 0 saturated heterocycles. The molecule has 0 radical (unpaired) electrons. The molecule has 0 bridgehead atoms. The van der Waals surface area contributed by atoms with Crippen molar-refractivity contribution in [3.8, 4) is 0 Å². The first-order chi connectivity index (χ1) is 25.2. The molecule has 0 aliphatic carbocycles. The number of amides is 1. The van der Waals surface area contributed by atoms with Gasteiger partial charge in [-0.15, -0.1) is 0 Å². The van der Waals surface area contributed by atoms with Crippen LogP contribution in [-0.4, -0.2) is 53.1 Å². The Kier molecular flexibility index (Phi) is 36.7. The molecule has 0 aliphatic rings. The molecule has 0 spiro atoms. The summed E-state index contributed by atoms with van der Waals surface area (Å²) in [5.41, 5.74) is 0. The van der Waals surface area contributed by atoms with E-state index < -0.39 is 40.0 Å². The summed E-state index contributed by atoms with van der Waals surface area (Å²) in [6.45, 7) is 4.51. The number of aliphatic hydroxyl groups excluding tert-OH is 2. The van der Waals surface area contributed by atoms with Gasteiger partial charge < -0.3 is 15.5 Å². The zero-order chi connectivity index (χ0) is 38.4. The van der Waals surface area contributed by atoms with Gasteiger partial charge in [-0.1, -0.05) is 204 Å². The van der Waals surface area contributed by atoms with Gasteiger partial charge in [-0.05, 0) is 44.9 Å². The number of allylic oxidation sites excluding steroid dienone is 5. The van der Waals surface area contributed by atoms with Crippen molar-refractivity contribution in [2.75, 3.05) is 5.75 Å². The Morgan fingerprint density at radius 2 is 0.865 bits per heavy atom. The first-order valence-corrected chi connectivity index (χ1v) is 23.4. The van der Waals surface area contributed by atoms with E-state index in [2.05, 4.69) is 43.5 Å². The summed E-state index contributed by atoms with van der Waals surface area (Å²) in [6.07, 6.45) is 46.3. The van der Waals surface area contributed by atoms with E-state index in [0.29, 0.717) is 12.8 Å². The molecule has 0 aliphatic heterocycles. The quantitative estimate of drug-likeness (QED) is 0.0281. The second kappa shape index (κ2) is 37.8. The molecule has 0 saturated carbocycles. The Morgan fingerprint density at radius 1 is 0.519 bits per heavy atom. The first-order valence-electron chi connectivity index (χ1n) is 21.8. The molecule has 0 aromatic rings. The molecular weight excluding hydrogens is 671 g/mol. The number of unbranched alkanes of at least 4 members (excludes halogenated alkanes) is 26. The summed E-state index contributed by atoms with van der Waals surface area (Å²) < 4.78 is 32.5. The number of nitrogens with one attached hydrogen (secondary N) is 1. The highest BCUT2D eigenvalue weighted by atomic mass is 32.2. The summed E-state index contributed by atoms with van der Waals surface area (Å²) in [5, 5.41) is 23.4. The minimum Gasteiger partial charge on any atom is -0.387 e. The van der Waals surface area contributed by atoms with Gasteiger partial charge >= 0.3 is 0 Å². The molecule has 3 unspecified atom stereocenters. The van der Waals surface area contributed by atoms with E-state index in [1.807, 2.05) is 0 Å². The second-order valence-electron chi connectivity index (χ2n) is 15.1. The highest BCUT2D eigenvalue weighted by Gasteiger charge is 2.27. The zero-order valence-electron chi connectivity index (χ0n) is 33.8. The van der Waals surface area contributed by atoms with E-state index in [9.17, 15) is 28.0 Å². The molecule has 3 atom stereocenters. The third kappa shape index (κ3) is 36.9. The summed E-state index contributed by atoms with van der Waals surface area (Å²) >= 11 is 0. The molecule has 0 fully saturated rings. The molecular formula is C44H83NO6S. The largest absolute Gasteiger partial charge is 0.387 e.